The highest BCUT2D eigenvalue weighted by molar-refractivity contribution is 5.95. The second-order valence-electron chi connectivity index (χ2n) is 4.45. The number of nitrogens with two attached hydrogens (primary N) is 1. The van der Waals surface area contributed by atoms with Crippen LogP contribution in [-0.4, -0.2) is 43.5 Å². The van der Waals surface area contributed by atoms with Crippen LogP contribution in [0.1, 0.15) is 5.56 Å². The fourth-order valence-corrected chi connectivity index (χ4v) is 2.09. The van der Waals surface area contributed by atoms with Crippen LogP contribution in [0.4, 0.5) is 5.69 Å². The van der Waals surface area contributed by atoms with Crippen molar-refractivity contribution in [2.75, 3.05) is 37.6 Å². The Morgan fingerprint density at radius 2 is 1.94 bits per heavy atom. The van der Waals surface area contributed by atoms with Gasteiger partial charge in [-0.15, -0.1) is 0 Å². The summed E-state index contributed by atoms with van der Waals surface area (Å²) < 4.78 is 0. The van der Waals surface area contributed by atoms with Crippen molar-refractivity contribution in [1.82, 2.24) is 4.90 Å². The van der Waals surface area contributed by atoms with Gasteiger partial charge in [0.25, 0.3) is 0 Å². The number of piperazine rings is 1. The van der Waals surface area contributed by atoms with Crippen molar-refractivity contribution in [3.05, 3.63) is 29.8 Å². The maximum absolute atomic E-state index is 12.0. The normalized spacial score (nSPS) is 17.5. The predicted octanol–water partition coefficient (Wildman–Crippen LogP) is 0.602. The monoisotopic (exact) mass is 233 g/mol. The third-order valence-electron chi connectivity index (χ3n) is 3.09. The van der Waals surface area contributed by atoms with Gasteiger partial charge in [-0.25, -0.2) is 0 Å². The van der Waals surface area contributed by atoms with E-state index in [-0.39, 0.29) is 5.91 Å². The quantitative estimate of drug-likeness (QED) is 0.832. The molecule has 2 rings (SSSR count). The number of benzene rings is 1. The molecule has 1 heterocycles. The van der Waals surface area contributed by atoms with Crippen molar-refractivity contribution >= 4 is 11.6 Å². The molecule has 1 aromatic carbocycles. The van der Waals surface area contributed by atoms with Gasteiger partial charge in [0.05, 0.1) is 6.54 Å². The summed E-state index contributed by atoms with van der Waals surface area (Å²) in [5.74, 6) is 0.161. The van der Waals surface area contributed by atoms with E-state index in [0.717, 1.165) is 25.3 Å². The van der Waals surface area contributed by atoms with Gasteiger partial charge in [-0.05, 0) is 19.1 Å². The van der Waals surface area contributed by atoms with Crippen molar-refractivity contribution in [3.8, 4) is 0 Å². The van der Waals surface area contributed by atoms with Crippen LogP contribution >= 0.6 is 0 Å². The molecule has 0 radical (unpaired) electrons. The van der Waals surface area contributed by atoms with Crippen molar-refractivity contribution in [2.45, 2.75) is 6.92 Å². The zero-order valence-corrected chi connectivity index (χ0v) is 10.2. The molecule has 0 aromatic heterocycles. The van der Waals surface area contributed by atoms with E-state index in [2.05, 4.69) is 4.90 Å². The van der Waals surface area contributed by atoms with Gasteiger partial charge in [-0.3, -0.25) is 9.69 Å². The summed E-state index contributed by atoms with van der Waals surface area (Å²) in [6, 6.07) is 8.08. The fourth-order valence-electron chi connectivity index (χ4n) is 2.09. The minimum Gasteiger partial charge on any atom is -0.329 e. The van der Waals surface area contributed by atoms with Crippen LogP contribution in [0.3, 0.4) is 0 Å². The van der Waals surface area contributed by atoms with Gasteiger partial charge in [0.2, 0.25) is 5.91 Å². The molecular weight excluding hydrogens is 214 g/mol. The van der Waals surface area contributed by atoms with Gasteiger partial charge >= 0.3 is 0 Å². The lowest BCUT2D eigenvalue weighted by Crippen LogP contribution is -2.51. The molecule has 1 fully saturated rings. The summed E-state index contributed by atoms with van der Waals surface area (Å²) in [6.07, 6.45) is 0. The van der Waals surface area contributed by atoms with Crippen LogP contribution in [0.25, 0.3) is 0 Å². The number of aryl methyl sites for hydroxylation is 1. The van der Waals surface area contributed by atoms with Gasteiger partial charge in [0.1, 0.15) is 0 Å². The lowest BCUT2D eigenvalue weighted by Gasteiger charge is -2.34. The van der Waals surface area contributed by atoms with Crippen LogP contribution in [0, 0.1) is 6.92 Å². The molecule has 0 bridgehead atoms. The number of carbonyl (C=O) groups excluding carboxylic acids is 1. The molecular formula is C13H19N3O. The Kier molecular flexibility index (Phi) is 3.76. The van der Waals surface area contributed by atoms with E-state index in [9.17, 15) is 4.79 Å². The summed E-state index contributed by atoms with van der Waals surface area (Å²) >= 11 is 0. The molecule has 0 unspecified atom stereocenters. The van der Waals surface area contributed by atoms with Gasteiger partial charge < -0.3 is 10.6 Å². The fraction of sp³-hybridized carbons (Fsp3) is 0.462. The second kappa shape index (κ2) is 5.29. The number of rotatable bonds is 3. The SMILES string of the molecule is Cc1ccc(N2CCN(CCN)CC2=O)cc1. The van der Waals surface area contributed by atoms with Crippen LogP contribution in [0.2, 0.25) is 0 Å². The first kappa shape index (κ1) is 12.1. The van der Waals surface area contributed by atoms with E-state index >= 15 is 0 Å². The summed E-state index contributed by atoms with van der Waals surface area (Å²) in [5.41, 5.74) is 7.71. The van der Waals surface area contributed by atoms with E-state index in [1.165, 1.54) is 5.56 Å². The summed E-state index contributed by atoms with van der Waals surface area (Å²) in [5, 5.41) is 0. The largest absolute Gasteiger partial charge is 0.329 e. The maximum Gasteiger partial charge on any atom is 0.241 e. The standard InChI is InChI=1S/C13H19N3O/c1-11-2-4-12(5-3-11)16-9-8-15(7-6-14)10-13(16)17/h2-5H,6-10,14H2,1H3. The van der Waals surface area contributed by atoms with Crippen molar-refractivity contribution < 1.29 is 4.79 Å². The molecule has 0 atom stereocenters. The highest BCUT2D eigenvalue weighted by Crippen LogP contribution is 2.17. The molecule has 4 nitrogen and oxygen atoms in total. The lowest BCUT2D eigenvalue weighted by molar-refractivity contribution is -0.121. The van der Waals surface area contributed by atoms with Gasteiger partial charge in [0, 0.05) is 31.9 Å². The molecule has 1 aliphatic rings. The van der Waals surface area contributed by atoms with Crippen LogP contribution in [-0.2, 0) is 4.79 Å². The number of carbonyl (C=O) groups is 1. The molecule has 0 spiro atoms. The topological polar surface area (TPSA) is 49.6 Å². The summed E-state index contributed by atoms with van der Waals surface area (Å²) in [6.45, 7) is 5.58. The van der Waals surface area contributed by atoms with Gasteiger partial charge in [0.15, 0.2) is 0 Å². The predicted molar refractivity (Wildman–Crippen MR) is 69.0 cm³/mol. The number of hydrogen-bond acceptors (Lipinski definition) is 3. The minimum absolute atomic E-state index is 0.161. The smallest absolute Gasteiger partial charge is 0.241 e. The Morgan fingerprint density at radius 1 is 1.24 bits per heavy atom. The average molecular weight is 233 g/mol. The molecule has 1 saturated heterocycles. The molecule has 2 N–H and O–H groups in total. The Morgan fingerprint density at radius 3 is 2.53 bits per heavy atom. The highest BCUT2D eigenvalue weighted by Gasteiger charge is 2.24. The number of anilines is 1. The average Bonchev–Trinajstić information content (AvgIpc) is 2.31. The summed E-state index contributed by atoms with van der Waals surface area (Å²) in [4.78, 5) is 16.0. The first-order valence-corrected chi connectivity index (χ1v) is 6.00. The molecule has 1 aromatic rings. The van der Waals surface area contributed by atoms with Crippen molar-refractivity contribution in [2.24, 2.45) is 5.73 Å². The van der Waals surface area contributed by atoms with Crippen LogP contribution in [0.15, 0.2) is 24.3 Å². The molecule has 0 aliphatic carbocycles. The zero-order valence-electron chi connectivity index (χ0n) is 10.2. The minimum atomic E-state index is 0.161. The maximum atomic E-state index is 12.0. The highest BCUT2D eigenvalue weighted by atomic mass is 16.2. The van der Waals surface area contributed by atoms with Crippen LogP contribution < -0.4 is 10.6 Å². The molecule has 4 heteroatoms. The molecule has 92 valence electrons. The Labute approximate surface area is 102 Å². The van der Waals surface area contributed by atoms with Gasteiger partial charge in [-0.2, -0.15) is 0 Å². The molecule has 1 amide bonds. The van der Waals surface area contributed by atoms with Crippen molar-refractivity contribution in [3.63, 3.8) is 0 Å². The third kappa shape index (κ3) is 2.84. The van der Waals surface area contributed by atoms with E-state index in [1.54, 1.807) is 0 Å². The molecule has 1 aliphatic heterocycles. The number of nitrogens with zero attached hydrogens (tertiary/aromatic N) is 2. The van der Waals surface area contributed by atoms with Crippen molar-refractivity contribution in [1.29, 1.82) is 0 Å². The first-order valence-electron chi connectivity index (χ1n) is 6.00. The van der Waals surface area contributed by atoms with E-state index in [0.29, 0.717) is 13.1 Å². The number of amides is 1. The van der Waals surface area contributed by atoms with Gasteiger partial charge in [-0.1, -0.05) is 17.7 Å². The molecule has 17 heavy (non-hydrogen) atoms. The Hall–Kier alpha value is -1.39. The molecule has 0 saturated carbocycles. The van der Waals surface area contributed by atoms with E-state index in [4.69, 9.17) is 5.73 Å². The van der Waals surface area contributed by atoms with E-state index in [1.807, 2.05) is 36.1 Å². The number of hydrogen-bond donors (Lipinski definition) is 1. The first-order chi connectivity index (χ1) is 8.20. The zero-order chi connectivity index (χ0) is 12.3. The lowest BCUT2D eigenvalue weighted by atomic mass is 10.2. The third-order valence-corrected chi connectivity index (χ3v) is 3.09. The summed E-state index contributed by atoms with van der Waals surface area (Å²) in [7, 11) is 0. The Balaban J connectivity index is 2.04. The van der Waals surface area contributed by atoms with E-state index < -0.39 is 0 Å². The van der Waals surface area contributed by atoms with Crippen LogP contribution in [0.5, 0.6) is 0 Å². The Bertz CT molecular complexity index is 388. The second-order valence-corrected chi connectivity index (χ2v) is 4.45.